The van der Waals surface area contributed by atoms with Crippen molar-refractivity contribution in [3.63, 3.8) is 0 Å². The molecular weight excluding hydrogens is 242 g/mol. The van der Waals surface area contributed by atoms with Gasteiger partial charge in [0.25, 0.3) is 0 Å². The summed E-state index contributed by atoms with van der Waals surface area (Å²) in [4.78, 5) is 0. The molecule has 0 amide bonds. The fraction of sp³-hybridized carbons (Fsp3) is 0.368. The first-order valence-corrected chi connectivity index (χ1v) is 7.68. The van der Waals surface area contributed by atoms with E-state index in [1.165, 1.54) is 18.4 Å². The molecule has 0 saturated heterocycles. The quantitative estimate of drug-likeness (QED) is 0.884. The summed E-state index contributed by atoms with van der Waals surface area (Å²) in [5.74, 6) is 0.623. The minimum Gasteiger partial charge on any atom is -0.316 e. The third kappa shape index (κ3) is 1.31. The van der Waals surface area contributed by atoms with Gasteiger partial charge in [0, 0.05) is 17.9 Å². The Morgan fingerprint density at radius 2 is 1.90 bits per heavy atom. The molecule has 2 aliphatic rings. The third-order valence-corrected chi connectivity index (χ3v) is 5.41. The van der Waals surface area contributed by atoms with Crippen molar-refractivity contribution in [2.24, 2.45) is 0 Å². The normalized spacial score (nSPS) is 25.6. The Morgan fingerprint density at radius 1 is 1.10 bits per heavy atom. The van der Waals surface area contributed by atoms with E-state index >= 15 is 0 Å². The van der Waals surface area contributed by atoms with Gasteiger partial charge in [0.2, 0.25) is 0 Å². The fourth-order valence-corrected chi connectivity index (χ4v) is 4.66. The highest BCUT2D eigenvalue weighted by atomic mass is 14.8. The van der Waals surface area contributed by atoms with E-state index in [2.05, 4.69) is 54.7 Å². The summed E-state index contributed by atoms with van der Waals surface area (Å²) >= 11 is 0. The Bertz CT molecular complexity index is 673. The highest BCUT2D eigenvalue weighted by molar-refractivity contribution is 5.64. The van der Waals surface area contributed by atoms with Crippen LogP contribution in [0.4, 0.5) is 0 Å². The number of hydrogen-bond acceptors (Lipinski definition) is 1. The standard InChI is InChI=1S/C19H21N/c1-3-19-11-16(14-8-4-5-10-17(14)19)15-9-6-7-13(12-20-2)18(15)19/h4-10,16,20H,3,11-12H2,1-2H3. The van der Waals surface area contributed by atoms with Crippen molar-refractivity contribution in [1.82, 2.24) is 5.32 Å². The summed E-state index contributed by atoms with van der Waals surface area (Å²) in [6, 6.07) is 16.0. The molecule has 2 bridgehead atoms. The topological polar surface area (TPSA) is 12.0 Å². The molecule has 2 aliphatic carbocycles. The minimum atomic E-state index is 0.268. The van der Waals surface area contributed by atoms with Gasteiger partial charge in [-0.2, -0.15) is 0 Å². The largest absolute Gasteiger partial charge is 0.316 e. The molecule has 0 saturated carbocycles. The zero-order valence-corrected chi connectivity index (χ0v) is 12.2. The van der Waals surface area contributed by atoms with Crippen molar-refractivity contribution >= 4 is 0 Å². The molecule has 1 nitrogen and oxygen atoms in total. The van der Waals surface area contributed by atoms with Crippen LogP contribution in [0, 0.1) is 0 Å². The average Bonchev–Trinajstić information content (AvgIpc) is 3.01. The first-order chi connectivity index (χ1) is 9.81. The van der Waals surface area contributed by atoms with E-state index in [9.17, 15) is 0 Å². The Morgan fingerprint density at radius 3 is 2.70 bits per heavy atom. The van der Waals surface area contributed by atoms with Gasteiger partial charge in [0.1, 0.15) is 0 Å². The molecule has 2 aromatic rings. The number of rotatable bonds is 3. The molecule has 20 heavy (non-hydrogen) atoms. The van der Waals surface area contributed by atoms with E-state index in [0.717, 1.165) is 6.54 Å². The van der Waals surface area contributed by atoms with Crippen LogP contribution in [0.15, 0.2) is 42.5 Å². The first kappa shape index (κ1) is 12.2. The Kier molecular flexibility index (Phi) is 2.55. The summed E-state index contributed by atoms with van der Waals surface area (Å²) in [5, 5.41) is 3.34. The van der Waals surface area contributed by atoms with Gasteiger partial charge in [0.05, 0.1) is 0 Å². The van der Waals surface area contributed by atoms with E-state index in [-0.39, 0.29) is 5.41 Å². The Balaban J connectivity index is 2.00. The van der Waals surface area contributed by atoms with Crippen LogP contribution in [0.5, 0.6) is 0 Å². The van der Waals surface area contributed by atoms with Gasteiger partial charge in [-0.1, -0.05) is 49.4 Å². The van der Waals surface area contributed by atoms with Crippen molar-refractivity contribution < 1.29 is 0 Å². The second-order valence-electron chi connectivity index (χ2n) is 6.19. The lowest BCUT2D eigenvalue weighted by atomic mass is 9.71. The molecule has 2 unspecified atom stereocenters. The van der Waals surface area contributed by atoms with Gasteiger partial charge in [-0.15, -0.1) is 0 Å². The lowest BCUT2D eigenvalue weighted by Gasteiger charge is -2.32. The molecule has 2 atom stereocenters. The predicted octanol–water partition coefficient (Wildman–Crippen LogP) is 3.95. The smallest absolute Gasteiger partial charge is 0.0218 e. The van der Waals surface area contributed by atoms with Crippen LogP contribution in [0.1, 0.15) is 53.5 Å². The average molecular weight is 263 g/mol. The van der Waals surface area contributed by atoms with Gasteiger partial charge in [-0.3, -0.25) is 0 Å². The van der Waals surface area contributed by atoms with Crippen LogP contribution in [0.2, 0.25) is 0 Å². The number of fused-ring (bicyclic) bond motifs is 8. The summed E-state index contributed by atoms with van der Waals surface area (Å²) in [6.07, 6.45) is 2.48. The lowest BCUT2D eigenvalue weighted by Crippen LogP contribution is -2.25. The molecular formula is C19H21N. The molecule has 0 fully saturated rings. The molecule has 4 rings (SSSR count). The number of benzene rings is 2. The van der Waals surface area contributed by atoms with E-state index < -0.39 is 0 Å². The monoisotopic (exact) mass is 263 g/mol. The molecule has 2 aromatic carbocycles. The third-order valence-electron chi connectivity index (χ3n) is 5.41. The maximum Gasteiger partial charge on any atom is 0.0218 e. The summed E-state index contributed by atoms with van der Waals surface area (Å²) in [5.41, 5.74) is 8.12. The molecule has 0 aliphatic heterocycles. The van der Waals surface area contributed by atoms with Crippen molar-refractivity contribution in [3.8, 4) is 0 Å². The zero-order chi connectivity index (χ0) is 13.7. The van der Waals surface area contributed by atoms with Crippen molar-refractivity contribution in [1.29, 1.82) is 0 Å². The van der Waals surface area contributed by atoms with Crippen molar-refractivity contribution in [3.05, 3.63) is 70.3 Å². The van der Waals surface area contributed by atoms with Gasteiger partial charge >= 0.3 is 0 Å². The molecule has 0 spiro atoms. The van der Waals surface area contributed by atoms with E-state index in [1.807, 2.05) is 7.05 Å². The molecule has 102 valence electrons. The second-order valence-corrected chi connectivity index (χ2v) is 6.19. The Labute approximate surface area is 121 Å². The highest BCUT2D eigenvalue weighted by Gasteiger charge is 2.52. The second kappa shape index (κ2) is 4.20. The number of nitrogens with one attached hydrogen (secondary N) is 1. The highest BCUT2D eigenvalue weighted by Crippen LogP contribution is 2.62. The Hall–Kier alpha value is -1.60. The van der Waals surface area contributed by atoms with Gasteiger partial charge < -0.3 is 5.32 Å². The molecule has 1 heteroatoms. The summed E-state index contributed by atoms with van der Waals surface area (Å²) in [6.45, 7) is 3.32. The van der Waals surface area contributed by atoms with Crippen LogP contribution in [0.25, 0.3) is 0 Å². The van der Waals surface area contributed by atoms with Crippen LogP contribution >= 0.6 is 0 Å². The van der Waals surface area contributed by atoms with Crippen molar-refractivity contribution in [2.45, 2.75) is 37.6 Å². The summed E-state index contributed by atoms with van der Waals surface area (Å²) in [7, 11) is 2.04. The van der Waals surface area contributed by atoms with Crippen LogP contribution in [-0.4, -0.2) is 7.05 Å². The van der Waals surface area contributed by atoms with E-state index in [1.54, 1.807) is 22.3 Å². The zero-order valence-electron chi connectivity index (χ0n) is 12.2. The van der Waals surface area contributed by atoms with E-state index in [0.29, 0.717) is 5.92 Å². The van der Waals surface area contributed by atoms with Gasteiger partial charge in [-0.05, 0) is 47.7 Å². The van der Waals surface area contributed by atoms with Crippen LogP contribution < -0.4 is 5.32 Å². The van der Waals surface area contributed by atoms with Crippen LogP contribution in [0.3, 0.4) is 0 Å². The predicted molar refractivity (Wildman–Crippen MR) is 83.2 cm³/mol. The SMILES string of the molecule is CCC12CC(c3ccccc31)c1cccc(CNC)c12. The molecule has 0 heterocycles. The molecule has 0 radical (unpaired) electrons. The van der Waals surface area contributed by atoms with E-state index in [4.69, 9.17) is 0 Å². The first-order valence-electron chi connectivity index (χ1n) is 7.68. The fourth-order valence-electron chi connectivity index (χ4n) is 4.66. The maximum atomic E-state index is 3.34. The molecule has 0 aromatic heterocycles. The van der Waals surface area contributed by atoms with Crippen LogP contribution in [-0.2, 0) is 12.0 Å². The minimum absolute atomic E-state index is 0.268. The van der Waals surface area contributed by atoms with Gasteiger partial charge in [-0.25, -0.2) is 0 Å². The molecule has 1 N–H and O–H groups in total. The number of hydrogen-bond donors (Lipinski definition) is 1. The summed E-state index contributed by atoms with van der Waals surface area (Å²) < 4.78 is 0. The van der Waals surface area contributed by atoms with Gasteiger partial charge in [0.15, 0.2) is 0 Å². The maximum absolute atomic E-state index is 3.34. The lowest BCUT2D eigenvalue weighted by molar-refractivity contribution is 0.507. The van der Waals surface area contributed by atoms with Crippen molar-refractivity contribution in [2.75, 3.05) is 7.05 Å².